The molecule has 0 saturated heterocycles. The minimum atomic E-state index is -2.14. The molecule has 0 aliphatic rings. The molecule has 0 spiro atoms. The van der Waals surface area contributed by atoms with Gasteiger partial charge in [-0.25, -0.2) is 0 Å². The standard InChI is InChI=1S/C16H19NO2S/c1-3-14-11-13(2)9-10-16(14)17(12-20(18)19)15-7-5-4-6-8-15/h4-11H,3,12H2,1-2H3,(H,18,19)/p-1. The van der Waals surface area contributed by atoms with Crippen molar-refractivity contribution in [2.45, 2.75) is 20.3 Å². The second-order valence-corrected chi connectivity index (χ2v) is 5.55. The van der Waals surface area contributed by atoms with Crippen molar-refractivity contribution < 1.29 is 8.76 Å². The lowest BCUT2D eigenvalue weighted by Crippen LogP contribution is -2.23. The summed E-state index contributed by atoms with van der Waals surface area (Å²) in [5, 5.41) is 0. The third-order valence-electron chi connectivity index (χ3n) is 3.21. The van der Waals surface area contributed by atoms with Gasteiger partial charge in [-0.2, -0.15) is 0 Å². The number of benzene rings is 2. The van der Waals surface area contributed by atoms with Gasteiger partial charge in [-0.05, 0) is 48.2 Å². The van der Waals surface area contributed by atoms with Crippen LogP contribution in [0, 0.1) is 6.92 Å². The number of rotatable bonds is 5. The third-order valence-corrected chi connectivity index (χ3v) is 3.68. The fourth-order valence-electron chi connectivity index (χ4n) is 2.26. The summed E-state index contributed by atoms with van der Waals surface area (Å²) >= 11 is -2.14. The molecule has 2 rings (SSSR count). The monoisotopic (exact) mass is 288 g/mol. The van der Waals surface area contributed by atoms with Crippen molar-refractivity contribution in [2.75, 3.05) is 10.8 Å². The van der Waals surface area contributed by atoms with Gasteiger partial charge in [0, 0.05) is 11.4 Å². The first-order valence-electron chi connectivity index (χ1n) is 6.59. The molecule has 3 nitrogen and oxygen atoms in total. The number of nitrogens with zero attached hydrogens (tertiary/aromatic N) is 1. The minimum Gasteiger partial charge on any atom is -0.771 e. The summed E-state index contributed by atoms with van der Waals surface area (Å²) < 4.78 is 22.4. The van der Waals surface area contributed by atoms with Crippen molar-refractivity contribution in [3.05, 3.63) is 59.7 Å². The highest BCUT2D eigenvalue weighted by molar-refractivity contribution is 7.79. The van der Waals surface area contributed by atoms with Gasteiger partial charge in [-0.1, -0.05) is 42.8 Å². The van der Waals surface area contributed by atoms with E-state index < -0.39 is 11.1 Å². The molecule has 0 N–H and O–H groups in total. The van der Waals surface area contributed by atoms with Gasteiger partial charge in [0.2, 0.25) is 0 Å². The van der Waals surface area contributed by atoms with Crippen molar-refractivity contribution in [1.29, 1.82) is 0 Å². The lowest BCUT2D eigenvalue weighted by molar-refractivity contribution is 0.537. The molecule has 2 aromatic carbocycles. The van der Waals surface area contributed by atoms with Crippen LogP contribution in [0.1, 0.15) is 18.1 Å². The maximum Gasteiger partial charge on any atom is 0.0854 e. The second kappa shape index (κ2) is 6.68. The van der Waals surface area contributed by atoms with E-state index in [9.17, 15) is 8.76 Å². The highest BCUT2D eigenvalue weighted by Gasteiger charge is 2.12. The zero-order chi connectivity index (χ0) is 14.5. The molecule has 2 aromatic rings. The second-order valence-electron chi connectivity index (χ2n) is 4.68. The molecule has 1 unspecified atom stereocenters. The Labute approximate surface area is 122 Å². The van der Waals surface area contributed by atoms with Crippen LogP contribution in [0.2, 0.25) is 0 Å². The van der Waals surface area contributed by atoms with Gasteiger partial charge in [0.05, 0.1) is 5.88 Å². The maximum atomic E-state index is 11.2. The molecule has 0 fully saturated rings. The lowest BCUT2D eigenvalue weighted by Gasteiger charge is -2.28. The van der Waals surface area contributed by atoms with Crippen molar-refractivity contribution in [2.24, 2.45) is 0 Å². The average Bonchev–Trinajstić information content (AvgIpc) is 2.45. The molecule has 0 saturated carbocycles. The molecular weight excluding hydrogens is 270 g/mol. The Balaban J connectivity index is 2.49. The molecule has 0 heterocycles. The summed E-state index contributed by atoms with van der Waals surface area (Å²) in [6.45, 7) is 4.12. The zero-order valence-corrected chi connectivity index (χ0v) is 12.5. The van der Waals surface area contributed by atoms with Crippen LogP contribution in [0.3, 0.4) is 0 Å². The van der Waals surface area contributed by atoms with Crippen LogP contribution in [-0.2, 0) is 17.5 Å². The van der Waals surface area contributed by atoms with Gasteiger partial charge in [-0.3, -0.25) is 4.21 Å². The molecule has 0 bridgehead atoms. The highest BCUT2D eigenvalue weighted by Crippen LogP contribution is 2.29. The summed E-state index contributed by atoms with van der Waals surface area (Å²) in [4.78, 5) is 1.83. The van der Waals surface area contributed by atoms with Gasteiger partial charge in [0.15, 0.2) is 0 Å². The average molecular weight is 288 g/mol. The summed E-state index contributed by atoms with van der Waals surface area (Å²) in [5.74, 6) is -0.0416. The largest absolute Gasteiger partial charge is 0.771 e. The molecule has 0 radical (unpaired) electrons. The van der Waals surface area contributed by atoms with Gasteiger partial charge < -0.3 is 9.45 Å². The normalized spacial score (nSPS) is 12.2. The SMILES string of the molecule is CCc1cc(C)ccc1N(CS(=O)[O-])c1ccccc1. The van der Waals surface area contributed by atoms with E-state index >= 15 is 0 Å². The smallest absolute Gasteiger partial charge is 0.0854 e. The van der Waals surface area contributed by atoms with Crippen LogP contribution in [0.4, 0.5) is 11.4 Å². The molecule has 106 valence electrons. The Bertz CT molecular complexity index is 599. The molecule has 0 amide bonds. The number of hydrogen-bond acceptors (Lipinski definition) is 3. The number of para-hydroxylation sites is 1. The van der Waals surface area contributed by atoms with Gasteiger partial charge in [0.25, 0.3) is 0 Å². The van der Waals surface area contributed by atoms with E-state index in [0.717, 1.165) is 23.4 Å². The molecule has 0 aliphatic carbocycles. The fourth-order valence-corrected chi connectivity index (χ4v) is 2.76. The van der Waals surface area contributed by atoms with E-state index in [4.69, 9.17) is 0 Å². The van der Waals surface area contributed by atoms with E-state index in [1.54, 1.807) is 0 Å². The Morgan fingerprint density at radius 1 is 1.15 bits per heavy atom. The predicted octanol–water partition coefficient (Wildman–Crippen LogP) is 3.53. The Hall–Kier alpha value is -1.65. The molecule has 0 aliphatic heterocycles. The van der Waals surface area contributed by atoms with Crippen molar-refractivity contribution in [3.63, 3.8) is 0 Å². The van der Waals surface area contributed by atoms with Crippen molar-refractivity contribution >= 4 is 22.5 Å². The summed E-state index contributed by atoms with van der Waals surface area (Å²) in [6, 6.07) is 15.7. The van der Waals surface area contributed by atoms with Crippen LogP contribution >= 0.6 is 0 Å². The van der Waals surface area contributed by atoms with Crippen molar-refractivity contribution in [1.82, 2.24) is 0 Å². The van der Waals surface area contributed by atoms with Crippen LogP contribution < -0.4 is 4.90 Å². The zero-order valence-electron chi connectivity index (χ0n) is 11.7. The predicted molar refractivity (Wildman–Crippen MR) is 82.9 cm³/mol. The van der Waals surface area contributed by atoms with E-state index in [1.807, 2.05) is 54.3 Å². The van der Waals surface area contributed by atoms with E-state index in [2.05, 4.69) is 13.0 Å². The molecule has 4 heteroatoms. The quantitative estimate of drug-likeness (QED) is 0.790. The number of hydrogen-bond donors (Lipinski definition) is 0. The first-order valence-corrected chi connectivity index (χ1v) is 7.84. The molecule has 0 aromatic heterocycles. The maximum absolute atomic E-state index is 11.2. The van der Waals surface area contributed by atoms with Crippen LogP contribution in [0.15, 0.2) is 48.5 Å². The minimum absolute atomic E-state index is 0.0416. The Morgan fingerprint density at radius 2 is 1.85 bits per heavy atom. The summed E-state index contributed by atoms with van der Waals surface area (Å²) in [6.07, 6.45) is 0.867. The highest BCUT2D eigenvalue weighted by atomic mass is 32.2. The lowest BCUT2D eigenvalue weighted by atomic mass is 10.1. The first kappa shape index (κ1) is 14.8. The molecule has 20 heavy (non-hydrogen) atoms. The summed E-state index contributed by atoms with van der Waals surface area (Å²) in [7, 11) is 0. The molecule has 1 atom stereocenters. The van der Waals surface area contributed by atoms with E-state index in [0.29, 0.717) is 0 Å². The number of anilines is 2. The Morgan fingerprint density at radius 3 is 2.45 bits per heavy atom. The first-order chi connectivity index (χ1) is 9.61. The fraction of sp³-hybridized carbons (Fsp3) is 0.250. The van der Waals surface area contributed by atoms with Crippen LogP contribution in [0.25, 0.3) is 0 Å². The van der Waals surface area contributed by atoms with Gasteiger partial charge in [-0.15, -0.1) is 0 Å². The van der Waals surface area contributed by atoms with E-state index in [1.165, 1.54) is 5.56 Å². The third kappa shape index (κ3) is 3.46. The topological polar surface area (TPSA) is 43.4 Å². The number of aryl methyl sites for hydroxylation is 2. The van der Waals surface area contributed by atoms with Crippen molar-refractivity contribution in [3.8, 4) is 0 Å². The van der Waals surface area contributed by atoms with E-state index in [-0.39, 0.29) is 5.88 Å². The van der Waals surface area contributed by atoms with Gasteiger partial charge >= 0.3 is 0 Å². The van der Waals surface area contributed by atoms with Crippen LogP contribution in [0.5, 0.6) is 0 Å². The molecular formula is C16H18NO2S-. The van der Waals surface area contributed by atoms with Gasteiger partial charge in [0.1, 0.15) is 0 Å². The summed E-state index contributed by atoms with van der Waals surface area (Å²) in [5.41, 5.74) is 4.17. The Kier molecular flexibility index (Phi) is 4.93. The van der Waals surface area contributed by atoms with Crippen LogP contribution in [-0.4, -0.2) is 14.6 Å².